The number of hydrogen-bond acceptors (Lipinski definition) is 1. The fourth-order valence-electron chi connectivity index (χ4n) is 3.12. The third kappa shape index (κ3) is 4.11. The van der Waals surface area contributed by atoms with Crippen LogP contribution in [0.1, 0.15) is 52.9 Å². The van der Waals surface area contributed by atoms with Crippen molar-refractivity contribution in [1.82, 2.24) is 0 Å². The molecule has 0 saturated heterocycles. The molecule has 1 aromatic carbocycles. The number of benzene rings is 1. The van der Waals surface area contributed by atoms with E-state index < -0.39 is 0 Å². The average molecular weight is 371 g/mol. The summed E-state index contributed by atoms with van der Waals surface area (Å²) in [7, 11) is 0. The van der Waals surface area contributed by atoms with Gasteiger partial charge in [-0.25, -0.2) is 0 Å². The van der Waals surface area contributed by atoms with E-state index in [4.69, 9.17) is 0 Å². The summed E-state index contributed by atoms with van der Waals surface area (Å²) in [5, 5.41) is 3.71. The lowest BCUT2D eigenvalue weighted by molar-refractivity contribution is 0.147. The molecule has 19 heavy (non-hydrogen) atoms. The van der Waals surface area contributed by atoms with Crippen LogP contribution in [0.25, 0.3) is 0 Å². The van der Waals surface area contributed by atoms with Gasteiger partial charge in [-0.15, -0.1) is 0 Å². The van der Waals surface area contributed by atoms with Gasteiger partial charge in [0.25, 0.3) is 0 Å². The number of anilines is 1. The van der Waals surface area contributed by atoms with E-state index in [-0.39, 0.29) is 0 Å². The highest BCUT2D eigenvalue weighted by Gasteiger charge is 2.31. The van der Waals surface area contributed by atoms with E-state index in [2.05, 4.69) is 72.9 Å². The van der Waals surface area contributed by atoms with E-state index in [1.807, 2.05) is 0 Å². The molecule has 0 unspecified atom stereocenters. The quantitative estimate of drug-likeness (QED) is 0.670. The normalized spacial score (nSPS) is 24.2. The van der Waals surface area contributed by atoms with Crippen LogP contribution in [-0.2, 0) is 0 Å². The summed E-state index contributed by atoms with van der Waals surface area (Å²) in [4.78, 5) is 0. The standard InChI is InChI=1S/C17H26IN/c1-4-17(2,3)13-8-10-15(11-9-13)19-16-7-5-6-14(18)12-16/h5-7,12-13,15,19H,4,8-11H2,1-3H3. The van der Waals surface area contributed by atoms with Crippen molar-refractivity contribution in [3.63, 3.8) is 0 Å². The van der Waals surface area contributed by atoms with Crippen LogP contribution < -0.4 is 5.32 Å². The van der Waals surface area contributed by atoms with Gasteiger partial charge >= 0.3 is 0 Å². The predicted octanol–water partition coefficient (Wildman–Crippen LogP) is 5.70. The van der Waals surface area contributed by atoms with Crippen LogP contribution in [0.4, 0.5) is 5.69 Å². The first kappa shape index (κ1) is 15.1. The van der Waals surface area contributed by atoms with Gasteiger partial charge in [0.1, 0.15) is 0 Å². The van der Waals surface area contributed by atoms with E-state index in [1.54, 1.807) is 0 Å². The van der Waals surface area contributed by atoms with E-state index in [9.17, 15) is 0 Å². The van der Waals surface area contributed by atoms with Crippen molar-refractivity contribution in [3.8, 4) is 0 Å². The second kappa shape index (κ2) is 6.47. The zero-order chi connectivity index (χ0) is 13.9. The maximum Gasteiger partial charge on any atom is 0.0352 e. The molecule has 0 atom stereocenters. The van der Waals surface area contributed by atoms with E-state index >= 15 is 0 Å². The van der Waals surface area contributed by atoms with Gasteiger partial charge in [-0.05, 0) is 77.8 Å². The Kier molecular flexibility index (Phi) is 5.15. The van der Waals surface area contributed by atoms with Crippen molar-refractivity contribution in [3.05, 3.63) is 27.8 Å². The first-order chi connectivity index (χ1) is 9.01. The first-order valence-corrected chi connectivity index (χ1v) is 8.61. The summed E-state index contributed by atoms with van der Waals surface area (Å²) in [6.45, 7) is 7.20. The lowest BCUT2D eigenvalue weighted by Crippen LogP contribution is -2.32. The van der Waals surface area contributed by atoms with Crippen molar-refractivity contribution < 1.29 is 0 Å². The minimum atomic E-state index is 0.521. The molecule has 0 radical (unpaired) electrons. The Morgan fingerprint density at radius 3 is 2.47 bits per heavy atom. The van der Waals surface area contributed by atoms with E-state index in [0.717, 1.165) is 5.92 Å². The Hall–Kier alpha value is -0.250. The zero-order valence-corrected chi connectivity index (χ0v) is 14.5. The van der Waals surface area contributed by atoms with Crippen LogP contribution in [0.2, 0.25) is 0 Å². The van der Waals surface area contributed by atoms with Crippen LogP contribution in [0.5, 0.6) is 0 Å². The summed E-state index contributed by atoms with van der Waals surface area (Å²) in [5.41, 5.74) is 1.80. The molecule has 2 heteroatoms. The fraction of sp³-hybridized carbons (Fsp3) is 0.647. The van der Waals surface area contributed by atoms with Gasteiger partial charge in [0.2, 0.25) is 0 Å². The molecule has 0 amide bonds. The SMILES string of the molecule is CCC(C)(C)C1CCC(Nc2cccc(I)c2)CC1. The maximum absolute atomic E-state index is 3.71. The summed E-state index contributed by atoms with van der Waals surface area (Å²) in [6.07, 6.45) is 6.69. The van der Waals surface area contributed by atoms with Gasteiger partial charge in [0.15, 0.2) is 0 Å². The number of hydrogen-bond donors (Lipinski definition) is 1. The topological polar surface area (TPSA) is 12.0 Å². The van der Waals surface area contributed by atoms with Gasteiger partial charge in [-0.3, -0.25) is 0 Å². The Labute approximate surface area is 131 Å². The predicted molar refractivity (Wildman–Crippen MR) is 92.6 cm³/mol. The molecule has 0 heterocycles. The molecular weight excluding hydrogens is 345 g/mol. The van der Waals surface area contributed by atoms with E-state index in [0.29, 0.717) is 11.5 Å². The van der Waals surface area contributed by atoms with Crippen molar-refractivity contribution in [1.29, 1.82) is 0 Å². The second-order valence-electron chi connectivity index (χ2n) is 6.55. The fourth-order valence-corrected chi connectivity index (χ4v) is 3.66. The molecule has 2 rings (SSSR count). The Morgan fingerprint density at radius 1 is 1.21 bits per heavy atom. The third-order valence-electron chi connectivity index (χ3n) is 4.94. The van der Waals surface area contributed by atoms with Gasteiger partial charge in [0, 0.05) is 15.3 Å². The highest BCUT2D eigenvalue weighted by molar-refractivity contribution is 14.1. The van der Waals surface area contributed by atoms with Gasteiger partial charge in [0.05, 0.1) is 0 Å². The molecule has 1 saturated carbocycles. The summed E-state index contributed by atoms with van der Waals surface area (Å²) >= 11 is 2.38. The number of rotatable bonds is 4. The molecule has 1 aromatic rings. The molecule has 1 nitrogen and oxygen atoms in total. The monoisotopic (exact) mass is 371 g/mol. The van der Waals surface area contributed by atoms with Crippen LogP contribution in [0.3, 0.4) is 0 Å². The molecule has 0 aromatic heterocycles. The smallest absolute Gasteiger partial charge is 0.0352 e. The Morgan fingerprint density at radius 2 is 1.89 bits per heavy atom. The minimum Gasteiger partial charge on any atom is -0.382 e. The van der Waals surface area contributed by atoms with Crippen molar-refractivity contribution >= 4 is 28.3 Å². The molecule has 0 spiro atoms. The van der Waals surface area contributed by atoms with Gasteiger partial charge in [-0.1, -0.05) is 33.3 Å². The molecule has 1 aliphatic rings. The number of nitrogens with one attached hydrogen (secondary N) is 1. The summed E-state index contributed by atoms with van der Waals surface area (Å²) in [6, 6.07) is 9.37. The number of halogens is 1. The summed E-state index contributed by atoms with van der Waals surface area (Å²) in [5.74, 6) is 0.909. The van der Waals surface area contributed by atoms with Crippen LogP contribution in [-0.4, -0.2) is 6.04 Å². The largest absolute Gasteiger partial charge is 0.382 e. The zero-order valence-electron chi connectivity index (χ0n) is 12.4. The van der Waals surface area contributed by atoms with Crippen LogP contribution in [0.15, 0.2) is 24.3 Å². The van der Waals surface area contributed by atoms with Crippen molar-refractivity contribution in [2.75, 3.05) is 5.32 Å². The van der Waals surface area contributed by atoms with Crippen molar-refractivity contribution in [2.45, 2.75) is 58.9 Å². The van der Waals surface area contributed by atoms with E-state index in [1.165, 1.54) is 41.4 Å². The van der Waals surface area contributed by atoms with Gasteiger partial charge in [-0.2, -0.15) is 0 Å². The summed E-state index contributed by atoms with van der Waals surface area (Å²) < 4.78 is 1.31. The minimum absolute atomic E-state index is 0.521. The third-order valence-corrected chi connectivity index (χ3v) is 5.61. The maximum atomic E-state index is 3.71. The highest BCUT2D eigenvalue weighted by Crippen LogP contribution is 2.40. The molecule has 1 N–H and O–H groups in total. The van der Waals surface area contributed by atoms with Crippen molar-refractivity contribution in [2.24, 2.45) is 11.3 Å². The Bertz CT molecular complexity index is 405. The van der Waals surface area contributed by atoms with Crippen LogP contribution >= 0.6 is 22.6 Å². The lowest BCUT2D eigenvalue weighted by atomic mass is 9.69. The van der Waals surface area contributed by atoms with Gasteiger partial charge < -0.3 is 5.32 Å². The first-order valence-electron chi connectivity index (χ1n) is 7.53. The molecule has 1 fully saturated rings. The highest BCUT2D eigenvalue weighted by atomic mass is 127. The molecule has 106 valence electrons. The lowest BCUT2D eigenvalue weighted by Gasteiger charge is -2.39. The Balaban J connectivity index is 1.87. The molecule has 0 aliphatic heterocycles. The average Bonchev–Trinajstić information content (AvgIpc) is 2.39. The van der Waals surface area contributed by atoms with Crippen LogP contribution in [0, 0.1) is 14.9 Å². The molecule has 0 bridgehead atoms. The second-order valence-corrected chi connectivity index (χ2v) is 7.79. The molecular formula is C17H26IN. The molecule has 1 aliphatic carbocycles.